The molecule has 3 aliphatic rings. The van der Waals surface area contributed by atoms with Gasteiger partial charge in [0.1, 0.15) is 0 Å². The number of carbonyl (C=O) groups excluding carboxylic acids is 2. The maximum Gasteiger partial charge on any atom is 0.228 e. The van der Waals surface area contributed by atoms with E-state index >= 15 is 0 Å². The van der Waals surface area contributed by atoms with Crippen molar-refractivity contribution in [2.24, 2.45) is 16.7 Å². The van der Waals surface area contributed by atoms with Crippen molar-refractivity contribution in [3.8, 4) is 11.1 Å². The van der Waals surface area contributed by atoms with Gasteiger partial charge in [-0.25, -0.2) is 0 Å². The molecule has 0 unspecified atom stereocenters. The molecule has 1 aromatic carbocycles. The largest absolute Gasteiger partial charge is 0.353 e. The number of rotatable bonds is 6. The lowest BCUT2D eigenvalue weighted by molar-refractivity contribution is -0.135. The van der Waals surface area contributed by atoms with Gasteiger partial charge in [0, 0.05) is 25.0 Å². The fourth-order valence-corrected chi connectivity index (χ4v) is 6.29. The molecule has 1 aromatic heterocycles. The molecular formula is C26H32N2O2S. The van der Waals surface area contributed by atoms with Gasteiger partial charge in [-0.15, -0.1) is 0 Å². The molecule has 2 aromatic rings. The molecule has 3 fully saturated rings. The third-order valence-corrected chi connectivity index (χ3v) is 8.44. The Kier molecular flexibility index (Phi) is 5.20. The quantitative estimate of drug-likeness (QED) is 0.701. The van der Waals surface area contributed by atoms with Crippen LogP contribution in [0.15, 0.2) is 41.1 Å². The van der Waals surface area contributed by atoms with Crippen molar-refractivity contribution in [3.63, 3.8) is 0 Å². The molecule has 2 saturated carbocycles. The number of amides is 2. The zero-order valence-corrected chi connectivity index (χ0v) is 19.3. The minimum Gasteiger partial charge on any atom is -0.353 e. The molecule has 164 valence electrons. The van der Waals surface area contributed by atoms with Crippen LogP contribution in [0.1, 0.15) is 51.5 Å². The Bertz CT molecular complexity index is 962. The van der Waals surface area contributed by atoms with E-state index in [1.54, 1.807) is 11.3 Å². The van der Waals surface area contributed by atoms with Gasteiger partial charge in [-0.3, -0.25) is 9.59 Å². The molecule has 5 heteroatoms. The molecule has 0 radical (unpaired) electrons. The first kappa shape index (κ1) is 20.7. The Labute approximate surface area is 189 Å². The monoisotopic (exact) mass is 436 g/mol. The maximum atomic E-state index is 13.3. The van der Waals surface area contributed by atoms with Crippen LogP contribution in [0.3, 0.4) is 0 Å². The fraction of sp³-hybridized carbons (Fsp3) is 0.538. The molecule has 5 rings (SSSR count). The van der Waals surface area contributed by atoms with Crippen LogP contribution in [0, 0.1) is 16.7 Å². The van der Waals surface area contributed by atoms with Crippen molar-refractivity contribution >= 4 is 23.2 Å². The highest BCUT2D eigenvalue weighted by atomic mass is 32.1. The van der Waals surface area contributed by atoms with E-state index in [2.05, 4.69) is 46.4 Å². The van der Waals surface area contributed by atoms with Gasteiger partial charge in [-0.1, -0.05) is 30.7 Å². The number of nitrogens with zero attached hydrogens (tertiary/aromatic N) is 1. The Morgan fingerprint density at radius 2 is 1.90 bits per heavy atom. The normalized spacial score (nSPS) is 26.2. The highest BCUT2D eigenvalue weighted by molar-refractivity contribution is 7.08. The van der Waals surface area contributed by atoms with Crippen molar-refractivity contribution in [2.45, 2.75) is 58.4 Å². The standard InChI is InChI=1S/C26H32N2O2S/c1-18(2)27-24(30)26(14-19-4-6-20(7-5-19)21-8-13-31-16-21)11-12-28(17-26)23(29)22-15-25(22)9-3-10-25/h4-8,13,16,18,22H,3,9-12,14-15,17H2,1-2H3,(H,27,30)/t22-,26-/m1/s1. The van der Waals surface area contributed by atoms with Crippen LogP contribution in [0.25, 0.3) is 11.1 Å². The molecule has 2 amide bonds. The lowest BCUT2D eigenvalue weighted by Crippen LogP contribution is -2.47. The number of nitrogens with one attached hydrogen (secondary N) is 1. The predicted molar refractivity (Wildman–Crippen MR) is 125 cm³/mol. The third kappa shape index (κ3) is 3.82. The summed E-state index contributed by atoms with van der Waals surface area (Å²) in [7, 11) is 0. The first-order chi connectivity index (χ1) is 14.9. The van der Waals surface area contributed by atoms with E-state index in [-0.39, 0.29) is 17.9 Å². The van der Waals surface area contributed by atoms with E-state index in [1.165, 1.54) is 30.4 Å². The summed E-state index contributed by atoms with van der Waals surface area (Å²) in [5, 5.41) is 7.39. The highest BCUT2D eigenvalue weighted by Gasteiger charge is 2.62. The summed E-state index contributed by atoms with van der Waals surface area (Å²) in [5.74, 6) is 0.607. The van der Waals surface area contributed by atoms with Crippen LogP contribution >= 0.6 is 11.3 Å². The zero-order valence-electron chi connectivity index (χ0n) is 18.5. The van der Waals surface area contributed by atoms with Crippen molar-refractivity contribution in [3.05, 3.63) is 46.7 Å². The van der Waals surface area contributed by atoms with Crippen molar-refractivity contribution in [1.82, 2.24) is 10.2 Å². The first-order valence-electron chi connectivity index (χ1n) is 11.6. The van der Waals surface area contributed by atoms with Crippen molar-refractivity contribution < 1.29 is 9.59 Å². The number of benzene rings is 1. The predicted octanol–water partition coefficient (Wildman–Crippen LogP) is 4.89. The lowest BCUT2D eigenvalue weighted by atomic mass is 9.79. The van der Waals surface area contributed by atoms with Gasteiger partial charge in [-0.05, 0) is 84.9 Å². The molecule has 2 heterocycles. The van der Waals surface area contributed by atoms with Crippen LogP contribution in [-0.2, 0) is 16.0 Å². The minimum atomic E-state index is -0.536. The third-order valence-electron chi connectivity index (χ3n) is 7.76. The van der Waals surface area contributed by atoms with Crippen LogP contribution in [-0.4, -0.2) is 35.8 Å². The average Bonchev–Trinajstić information content (AvgIpc) is 3.05. The smallest absolute Gasteiger partial charge is 0.228 e. The van der Waals surface area contributed by atoms with Crippen LogP contribution in [0.4, 0.5) is 0 Å². The topological polar surface area (TPSA) is 49.4 Å². The molecule has 1 aliphatic heterocycles. The molecule has 1 spiro atoms. The second-order valence-electron chi connectivity index (χ2n) is 10.3. The summed E-state index contributed by atoms with van der Waals surface area (Å²) in [4.78, 5) is 28.5. The Balaban J connectivity index is 1.33. The Hall–Kier alpha value is -2.14. The lowest BCUT2D eigenvalue weighted by Gasteiger charge is -2.31. The van der Waals surface area contributed by atoms with E-state index in [1.807, 2.05) is 18.7 Å². The van der Waals surface area contributed by atoms with Gasteiger partial charge < -0.3 is 10.2 Å². The van der Waals surface area contributed by atoms with Crippen LogP contribution < -0.4 is 5.32 Å². The molecular weight excluding hydrogens is 404 g/mol. The van der Waals surface area contributed by atoms with Crippen molar-refractivity contribution in [2.75, 3.05) is 13.1 Å². The summed E-state index contributed by atoms with van der Waals surface area (Å²) in [5.41, 5.74) is 3.39. The number of likely N-dealkylation sites (tertiary alicyclic amines) is 1. The maximum absolute atomic E-state index is 13.3. The van der Waals surface area contributed by atoms with Crippen molar-refractivity contribution in [1.29, 1.82) is 0 Å². The zero-order chi connectivity index (χ0) is 21.6. The summed E-state index contributed by atoms with van der Waals surface area (Å²) >= 11 is 1.70. The second kappa shape index (κ2) is 7.77. The van der Waals surface area contributed by atoms with E-state index in [4.69, 9.17) is 0 Å². The fourth-order valence-electron chi connectivity index (χ4n) is 5.62. The summed E-state index contributed by atoms with van der Waals surface area (Å²) in [6.07, 6.45) is 6.18. The molecule has 31 heavy (non-hydrogen) atoms. The Morgan fingerprint density at radius 1 is 1.13 bits per heavy atom. The molecule has 2 atom stereocenters. The van der Waals surface area contributed by atoms with E-state index in [9.17, 15) is 9.59 Å². The average molecular weight is 437 g/mol. The van der Waals surface area contributed by atoms with E-state index < -0.39 is 5.41 Å². The van der Waals surface area contributed by atoms with E-state index in [0.29, 0.717) is 30.8 Å². The summed E-state index contributed by atoms with van der Waals surface area (Å²) in [6, 6.07) is 10.8. The molecule has 0 bridgehead atoms. The Morgan fingerprint density at radius 3 is 2.48 bits per heavy atom. The van der Waals surface area contributed by atoms with Gasteiger partial charge >= 0.3 is 0 Å². The number of hydrogen-bond donors (Lipinski definition) is 1. The van der Waals surface area contributed by atoms with Gasteiger partial charge in [0.2, 0.25) is 11.8 Å². The SMILES string of the molecule is CC(C)NC(=O)[C@@]1(Cc2ccc(-c3ccsc3)cc2)CCN(C(=O)[C@H]2CC23CCC3)C1. The van der Waals surface area contributed by atoms with Gasteiger partial charge in [0.25, 0.3) is 0 Å². The van der Waals surface area contributed by atoms with Crippen LogP contribution in [0.5, 0.6) is 0 Å². The summed E-state index contributed by atoms with van der Waals surface area (Å²) in [6.45, 7) is 5.25. The molecule has 2 aliphatic carbocycles. The van der Waals surface area contributed by atoms with Gasteiger partial charge in [0.15, 0.2) is 0 Å². The summed E-state index contributed by atoms with van der Waals surface area (Å²) < 4.78 is 0. The molecule has 1 N–H and O–H groups in total. The minimum absolute atomic E-state index is 0.0915. The van der Waals surface area contributed by atoms with Crippen LogP contribution in [0.2, 0.25) is 0 Å². The first-order valence-corrected chi connectivity index (χ1v) is 12.6. The number of hydrogen-bond acceptors (Lipinski definition) is 3. The number of carbonyl (C=O) groups is 2. The van der Waals surface area contributed by atoms with Gasteiger partial charge in [0.05, 0.1) is 5.41 Å². The highest BCUT2D eigenvalue weighted by Crippen LogP contribution is 2.66. The number of thiophene rings is 1. The van der Waals surface area contributed by atoms with E-state index in [0.717, 1.165) is 18.4 Å². The molecule has 4 nitrogen and oxygen atoms in total. The molecule has 1 saturated heterocycles. The second-order valence-corrected chi connectivity index (χ2v) is 11.1. The van der Waals surface area contributed by atoms with Gasteiger partial charge in [-0.2, -0.15) is 11.3 Å².